The largest absolute Gasteiger partial charge is 0.493 e. The minimum atomic E-state index is -3.97. The van der Waals surface area contributed by atoms with Crippen molar-refractivity contribution >= 4 is 27.6 Å². The molecule has 2 aromatic rings. The standard InChI is InChI=1S/C24H25NO7S/c1-16(26)17-5-8-20(9-6-17)33(29,30)25-12-3-2-4-21(25)24(28)32-15-22(27)18-7-10-23-19(14-18)11-13-31-23/h5-10,14,21H,2-4,11-13,15H2,1H3. The Morgan fingerprint density at radius 1 is 1.06 bits per heavy atom. The van der Waals surface area contributed by atoms with Crippen molar-refractivity contribution in [1.29, 1.82) is 0 Å². The summed E-state index contributed by atoms with van der Waals surface area (Å²) in [4.78, 5) is 36.8. The lowest BCUT2D eigenvalue weighted by atomic mass is 10.0. The maximum absolute atomic E-state index is 13.2. The Labute approximate surface area is 192 Å². The highest BCUT2D eigenvalue weighted by atomic mass is 32.2. The summed E-state index contributed by atoms with van der Waals surface area (Å²) >= 11 is 0. The number of piperidine rings is 1. The van der Waals surface area contributed by atoms with E-state index in [0.29, 0.717) is 37.0 Å². The molecule has 2 aliphatic rings. The Hall–Kier alpha value is -3.04. The predicted octanol–water partition coefficient (Wildman–Crippen LogP) is 2.79. The number of ether oxygens (including phenoxy) is 2. The zero-order valence-corrected chi connectivity index (χ0v) is 19.1. The van der Waals surface area contributed by atoms with Gasteiger partial charge in [0.05, 0.1) is 11.5 Å². The molecule has 2 heterocycles. The molecule has 1 saturated heterocycles. The maximum atomic E-state index is 13.2. The fourth-order valence-electron chi connectivity index (χ4n) is 4.10. The van der Waals surface area contributed by atoms with Gasteiger partial charge in [-0.25, -0.2) is 8.42 Å². The SMILES string of the molecule is CC(=O)c1ccc(S(=O)(=O)N2CCCCC2C(=O)OCC(=O)c2ccc3c(c2)CCO3)cc1. The average Bonchev–Trinajstić information content (AvgIpc) is 3.30. The summed E-state index contributed by atoms with van der Waals surface area (Å²) < 4.78 is 38.2. The van der Waals surface area contributed by atoms with Crippen LogP contribution in [0.3, 0.4) is 0 Å². The molecule has 0 radical (unpaired) electrons. The second-order valence-corrected chi connectivity index (χ2v) is 10.1. The van der Waals surface area contributed by atoms with Gasteiger partial charge in [-0.1, -0.05) is 12.1 Å². The summed E-state index contributed by atoms with van der Waals surface area (Å²) in [5.41, 5.74) is 1.76. The van der Waals surface area contributed by atoms with Crippen LogP contribution in [0.4, 0.5) is 0 Å². The van der Waals surface area contributed by atoms with E-state index in [1.165, 1.54) is 31.2 Å². The number of sulfonamides is 1. The number of carbonyl (C=O) groups excluding carboxylic acids is 3. The molecule has 0 aliphatic carbocycles. The van der Waals surface area contributed by atoms with Crippen LogP contribution >= 0.6 is 0 Å². The van der Waals surface area contributed by atoms with Crippen LogP contribution in [0, 0.1) is 0 Å². The minimum Gasteiger partial charge on any atom is -0.493 e. The summed E-state index contributed by atoms with van der Waals surface area (Å²) in [5, 5.41) is 0. The van der Waals surface area contributed by atoms with Crippen LogP contribution in [-0.2, 0) is 26.0 Å². The van der Waals surface area contributed by atoms with Gasteiger partial charge in [-0.05, 0) is 62.1 Å². The third-order valence-electron chi connectivity index (χ3n) is 5.95. The van der Waals surface area contributed by atoms with E-state index in [0.717, 1.165) is 22.0 Å². The predicted molar refractivity (Wildman–Crippen MR) is 119 cm³/mol. The molecule has 0 spiro atoms. The Morgan fingerprint density at radius 3 is 2.52 bits per heavy atom. The number of fused-ring (bicyclic) bond motifs is 1. The van der Waals surface area contributed by atoms with Gasteiger partial charge >= 0.3 is 5.97 Å². The summed E-state index contributed by atoms with van der Waals surface area (Å²) in [5.74, 6) is -0.513. The van der Waals surface area contributed by atoms with Gasteiger partial charge in [0.15, 0.2) is 18.2 Å². The van der Waals surface area contributed by atoms with Crippen molar-refractivity contribution in [3.05, 3.63) is 59.2 Å². The van der Waals surface area contributed by atoms with Gasteiger partial charge in [0, 0.05) is 24.1 Å². The van der Waals surface area contributed by atoms with Crippen LogP contribution in [0.5, 0.6) is 5.75 Å². The summed E-state index contributed by atoms with van der Waals surface area (Å²) in [7, 11) is -3.97. The average molecular weight is 472 g/mol. The maximum Gasteiger partial charge on any atom is 0.324 e. The van der Waals surface area contributed by atoms with Crippen LogP contribution in [-0.4, -0.2) is 56.1 Å². The van der Waals surface area contributed by atoms with Crippen LogP contribution in [0.15, 0.2) is 47.4 Å². The third kappa shape index (κ3) is 4.84. The van der Waals surface area contributed by atoms with Crippen molar-refractivity contribution in [2.24, 2.45) is 0 Å². The van der Waals surface area contributed by atoms with Gasteiger partial charge in [-0.3, -0.25) is 14.4 Å². The number of Topliss-reactive ketones (excluding diaryl/α,β-unsaturated/α-hetero) is 2. The lowest BCUT2D eigenvalue weighted by Crippen LogP contribution is -2.48. The van der Waals surface area contributed by atoms with Gasteiger partial charge in [0.25, 0.3) is 0 Å². The van der Waals surface area contributed by atoms with E-state index in [-0.39, 0.29) is 23.0 Å². The van der Waals surface area contributed by atoms with Crippen LogP contribution in [0.2, 0.25) is 0 Å². The highest BCUT2D eigenvalue weighted by molar-refractivity contribution is 7.89. The van der Waals surface area contributed by atoms with Crippen LogP contribution in [0.25, 0.3) is 0 Å². The van der Waals surface area contributed by atoms with Gasteiger partial charge < -0.3 is 9.47 Å². The molecule has 4 rings (SSSR count). The Bertz CT molecular complexity index is 1190. The quantitative estimate of drug-likeness (QED) is 0.451. The summed E-state index contributed by atoms with van der Waals surface area (Å²) in [6.07, 6.45) is 2.32. The Balaban J connectivity index is 1.45. The van der Waals surface area contributed by atoms with Crippen LogP contribution in [0.1, 0.15) is 52.5 Å². The lowest BCUT2D eigenvalue weighted by Gasteiger charge is -2.33. The first-order valence-electron chi connectivity index (χ1n) is 10.9. The fourth-order valence-corrected chi connectivity index (χ4v) is 5.75. The molecule has 0 bridgehead atoms. The van der Waals surface area contributed by atoms with Gasteiger partial charge in [-0.2, -0.15) is 4.31 Å². The molecular weight excluding hydrogens is 446 g/mol. The van der Waals surface area contributed by atoms with E-state index in [2.05, 4.69) is 0 Å². The van der Waals surface area contributed by atoms with E-state index >= 15 is 0 Å². The van der Waals surface area contributed by atoms with Crippen molar-refractivity contribution < 1.29 is 32.3 Å². The van der Waals surface area contributed by atoms with Gasteiger partial charge in [0.2, 0.25) is 10.0 Å². The number of esters is 1. The molecule has 9 heteroatoms. The first kappa shape index (κ1) is 23.1. The molecular formula is C24H25NO7S. The smallest absolute Gasteiger partial charge is 0.324 e. The van der Waals surface area contributed by atoms with Crippen molar-refractivity contribution in [1.82, 2.24) is 4.31 Å². The molecule has 1 fully saturated rings. The van der Waals surface area contributed by atoms with E-state index in [1.54, 1.807) is 18.2 Å². The number of nitrogens with zero attached hydrogens (tertiary/aromatic N) is 1. The van der Waals surface area contributed by atoms with Crippen molar-refractivity contribution in [3.8, 4) is 5.75 Å². The monoisotopic (exact) mass is 471 g/mol. The molecule has 0 saturated carbocycles. The second kappa shape index (κ2) is 9.44. The number of hydrogen-bond donors (Lipinski definition) is 0. The number of rotatable bonds is 7. The summed E-state index contributed by atoms with van der Waals surface area (Å²) in [6.45, 7) is 1.69. The first-order chi connectivity index (χ1) is 15.8. The van der Waals surface area contributed by atoms with Crippen molar-refractivity contribution in [2.45, 2.75) is 43.5 Å². The van der Waals surface area contributed by atoms with Crippen LogP contribution < -0.4 is 4.74 Å². The van der Waals surface area contributed by atoms with E-state index in [4.69, 9.17) is 9.47 Å². The third-order valence-corrected chi connectivity index (χ3v) is 7.87. The van der Waals surface area contributed by atoms with Crippen molar-refractivity contribution in [3.63, 3.8) is 0 Å². The van der Waals surface area contributed by atoms with Gasteiger partial charge in [-0.15, -0.1) is 0 Å². The highest BCUT2D eigenvalue weighted by Gasteiger charge is 2.38. The second-order valence-electron chi connectivity index (χ2n) is 8.16. The molecule has 174 valence electrons. The van der Waals surface area contributed by atoms with Gasteiger partial charge in [0.1, 0.15) is 11.8 Å². The molecule has 0 aromatic heterocycles. The minimum absolute atomic E-state index is 0.00337. The zero-order valence-electron chi connectivity index (χ0n) is 18.3. The first-order valence-corrected chi connectivity index (χ1v) is 12.3. The summed E-state index contributed by atoms with van der Waals surface area (Å²) in [6, 6.07) is 9.72. The topological polar surface area (TPSA) is 107 Å². The molecule has 33 heavy (non-hydrogen) atoms. The number of hydrogen-bond acceptors (Lipinski definition) is 7. The lowest BCUT2D eigenvalue weighted by molar-refractivity contribution is -0.148. The Morgan fingerprint density at radius 2 is 1.79 bits per heavy atom. The van der Waals surface area contributed by atoms with E-state index in [9.17, 15) is 22.8 Å². The molecule has 1 atom stereocenters. The zero-order chi connectivity index (χ0) is 23.6. The van der Waals surface area contributed by atoms with Crippen molar-refractivity contribution in [2.75, 3.05) is 19.8 Å². The molecule has 2 aromatic carbocycles. The Kier molecular flexibility index (Phi) is 6.62. The molecule has 2 aliphatic heterocycles. The van der Waals surface area contributed by atoms with E-state index < -0.39 is 28.6 Å². The highest BCUT2D eigenvalue weighted by Crippen LogP contribution is 2.28. The normalized spacial score (nSPS) is 18.3. The fraction of sp³-hybridized carbons (Fsp3) is 0.375. The number of carbonyl (C=O) groups is 3. The molecule has 0 N–H and O–H groups in total. The van der Waals surface area contributed by atoms with E-state index in [1.807, 2.05) is 0 Å². The number of ketones is 2. The molecule has 8 nitrogen and oxygen atoms in total. The molecule has 0 amide bonds. The number of benzene rings is 2. The molecule has 1 unspecified atom stereocenters.